The number of carbonyl (C=O) groups is 4. The number of fused-ring (bicyclic) bond motifs is 2. The van der Waals surface area contributed by atoms with Crippen LogP contribution in [0.15, 0.2) is 109 Å². The van der Waals surface area contributed by atoms with E-state index < -0.39 is 33.8 Å². The topological polar surface area (TPSA) is 109 Å². The molecule has 4 aromatic rings. The second-order valence-electron chi connectivity index (χ2n) is 8.08. The number of hydrogen-bond acceptors (Lipinski definition) is 6. The second-order valence-corrected chi connectivity index (χ2v) is 9.71. The third kappa shape index (κ3) is 4.01. The van der Waals surface area contributed by atoms with E-state index in [1.165, 1.54) is 59.7 Å². The molecule has 182 valence electrons. The fourth-order valence-electron chi connectivity index (χ4n) is 4.10. The largest absolute Gasteiger partial charge is 0.345 e. The molecular formula is C28H18N2O6S. The highest BCUT2D eigenvalue weighted by atomic mass is 32.2. The molecule has 0 radical (unpaired) electrons. The summed E-state index contributed by atoms with van der Waals surface area (Å²) in [6.45, 7) is 0. The third-order valence-electron chi connectivity index (χ3n) is 5.86. The second kappa shape index (κ2) is 9.29. The van der Waals surface area contributed by atoms with Crippen LogP contribution in [0.5, 0.6) is 0 Å². The van der Waals surface area contributed by atoms with E-state index in [0.29, 0.717) is 0 Å². The summed E-state index contributed by atoms with van der Waals surface area (Å²) in [6.07, 6.45) is 0. The molecule has 0 aliphatic carbocycles. The Morgan fingerprint density at radius 1 is 0.378 bits per heavy atom. The normalized spacial score (nSPS) is 14.3. The molecule has 0 bridgehead atoms. The van der Waals surface area contributed by atoms with Crippen LogP contribution in [-0.2, 0) is 10.2 Å². The lowest BCUT2D eigenvalue weighted by molar-refractivity contribution is 0.0727. The Morgan fingerprint density at radius 2 is 0.622 bits per heavy atom. The predicted octanol–water partition coefficient (Wildman–Crippen LogP) is 4.18. The first-order valence-corrected chi connectivity index (χ1v) is 12.5. The summed E-state index contributed by atoms with van der Waals surface area (Å²) in [7, 11) is -5.00. The van der Waals surface area contributed by atoms with Crippen LogP contribution in [-0.4, -0.2) is 40.7 Å². The minimum Gasteiger partial charge on any atom is -0.267 e. The van der Waals surface area contributed by atoms with Gasteiger partial charge in [-0.15, -0.1) is 8.61 Å². The van der Waals surface area contributed by atoms with E-state index >= 15 is 0 Å². The molecule has 0 fully saturated rings. The number of nitrogens with zero attached hydrogens (tertiary/aromatic N) is 2. The lowest BCUT2D eigenvalue weighted by atomic mass is 10.1. The van der Waals surface area contributed by atoms with Crippen molar-refractivity contribution >= 4 is 33.8 Å². The SMILES string of the molecule is O=C1c2ccccc2C(=O)N1S(=O)(=O)N1C(=O)c2ccccc2C1=O.c1ccc(-c2ccccc2)cc1. The lowest BCUT2D eigenvalue weighted by Crippen LogP contribution is -2.48. The Morgan fingerprint density at radius 3 is 0.892 bits per heavy atom. The molecule has 0 saturated carbocycles. The zero-order valence-electron chi connectivity index (χ0n) is 19.1. The molecule has 2 aliphatic heterocycles. The average molecular weight is 511 g/mol. The maximum atomic E-state index is 12.8. The van der Waals surface area contributed by atoms with Crippen LogP contribution >= 0.6 is 0 Å². The summed E-state index contributed by atoms with van der Waals surface area (Å²) in [4.78, 5) is 49.5. The van der Waals surface area contributed by atoms with Gasteiger partial charge in [0.2, 0.25) is 0 Å². The fraction of sp³-hybridized carbons (Fsp3) is 0. The van der Waals surface area contributed by atoms with E-state index in [0.717, 1.165) is 0 Å². The van der Waals surface area contributed by atoms with Gasteiger partial charge in [-0.1, -0.05) is 84.9 Å². The third-order valence-corrected chi connectivity index (χ3v) is 7.44. The van der Waals surface area contributed by atoms with Gasteiger partial charge in [-0.25, -0.2) is 0 Å². The Kier molecular flexibility index (Phi) is 5.98. The first-order chi connectivity index (χ1) is 17.8. The van der Waals surface area contributed by atoms with Gasteiger partial charge in [-0.2, -0.15) is 8.42 Å². The molecule has 37 heavy (non-hydrogen) atoms. The molecule has 2 heterocycles. The summed E-state index contributed by atoms with van der Waals surface area (Å²) in [5.74, 6) is -4.40. The number of rotatable bonds is 3. The van der Waals surface area contributed by atoms with Crippen molar-refractivity contribution in [1.82, 2.24) is 8.61 Å². The quantitative estimate of drug-likeness (QED) is 0.383. The van der Waals surface area contributed by atoms with Crippen LogP contribution in [0.1, 0.15) is 41.4 Å². The van der Waals surface area contributed by atoms with E-state index in [1.54, 1.807) is 0 Å². The zero-order chi connectivity index (χ0) is 26.2. The maximum Gasteiger partial charge on any atom is 0.345 e. The van der Waals surface area contributed by atoms with E-state index in [-0.39, 0.29) is 30.9 Å². The van der Waals surface area contributed by atoms with E-state index in [1.807, 2.05) is 12.1 Å². The van der Waals surface area contributed by atoms with Gasteiger partial charge in [0.25, 0.3) is 23.6 Å². The summed E-state index contributed by atoms with van der Waals surface area (Å²) < 4.78 is 25.5. The summed E-state index contributed by atoms with van der Waals surface area (Å²) >= 11 is 0. The summed E-state index contributed by atoms with van der Waals surface area (Å²) in [5.41, 5.74) is 2.14. The molecule has 0 spiro atoms. The molecule has 0 atom stereocenters. The number of benzene rings is 4. The van der Waals surface area contributed by atoms with Gasteiger partial charge in [0.15, 0.2) is 0 Å². The van der Waals surface area contributed by atoms with Crippen LogP contribution in [0, 0.1) is 0 Å². The molecule has 0 N–H and O–H groups in total. The minimum atomic E-state index is -5.00. The molecule has 0 unspecified atom stereocenters. The van der Waals surface area contributed by atoms with Crippen LogP contribution in [0.4, 0.5) is 0 Å². The highest BCUT2D eigenvalue weighted by molar-refractivity contribution is 7.89. The predicted molar refractivity (Wildman–Crippen MR) is 135 cm³/mol. The molecule has 0 saturated heterocycles. The number of imide groups is 2. The van der Waals surface area contributed by atoms with Gasteiger partial charge in [0.05, 0.1) is 22.3 Å². The van der Waals surface area contributed by atoms with Crippen molar-refractivity contribution in [3.8, 4) is 11.1 Å². The van der Waals surface area contributed by atoms with Crippen LogP contribution in [0.2, 0.25) is 0 Å². The Labute approximate surface area is 212 Å². The fourth-order valence-corrected chi connectivity index (χ4v) is 5.49. The molecule has 4 amide bonds. The number of amides is 4. The summed E-state index contributed by atoms with van der Waals surface area (Å²) in [5, 5.41) is 0. The van der Waals surface area contributed by atoms with Gasteiger partial charge in [0, 0.05) is 0 Å². The number of carbonyl (C=O) groups excluding carboxylic acids is 4. The lowest BCUT2D eigenvalue weighted by Gasteiger charge is -2.20. The number of hydrogen-bond donors (Lipinski definition) is 0. The van der Waals surface area contributed by atoms with Crippen molar-refractivity contribution in [3.05, 3.63) is 131 Å². The van der Waals surface area contributed by atoms with Gasteiger partial charge >= 0.3 is 10.2 Å². The van der Waals surface area contributed by atoms with E-state index in [2.05, 4.69) is 48.5 Å². The molecule has 8 nitrogen and oxygen atoms in total. The Bertz CT molecular complexity index is 1480. The molecule has 4 aromatic carbocycles. The van der Waals surface area contributed by atoms with Crippen LogP contribution in [0.3, 0.4) is 0 Å². The monoisotopic (exact) mass is 510 g/mol. The highest BCUT2D eigenvalue weighted by Crippen LogP contribution is 2.31. The van der Waals surface area contributed by atoms with Crippen molar-refractivity contribution in [2.24, 2.45) is 0 Å². The van der Waals surface area contributed by atoms with E-state index in [9.17, 15) is 27.6 Å². The maximum absolute atomic E-state index is 12.8. The van der Waals surface area contributed by atoms with E-state index in [4.69, 9.17) is 0 Å². The van der Waals surface area contributed by atoms with Crippen molar-refractivity contribution in [3.63, 3.8) is 0 Å². The van der Waals surface area contributed by atoms with Crippen molar-refractivity contribution in [2.45, 2.75) is 0 Å². The molecule has 2 aliphatic rings. The van der Waals surface area contributed by atoms with Crippen molar-refractivity contribution in [1.29, 1.82) is 0 Å². The van der Waals surface area contributed by atoms with Crippen molar-refractivity contribution in [2.75, 3.05) is 0 Å². The van der Waals surface area contributed by atoms with Gasteiger partial charge in [0.1, 0.15) is 0 Å². The smallest absolute Gasteiger partial charge is 0.267 e. The molecule has 9 heteroatoms. The zero-order valence-corrected chi connectivity index (χ0v) is 20.0. The van der Waals surface area contributed by atoms with Gasteiger partial charge in [-0.05, 0) is 35.4 Å². The standard InChI is InChI=1S/C16H8N2O6S.C12H10/c19-13-9-5-1-2-6-10(9)14(20)17(13)25(23,24)18-15(21)11-7-3-4-8-12(11)16(18)22;1-3-7-11(8-4-1)12-9-5-2-6-10-12/h1-8H;1-10H. The Hall–Kier alpha value is -4.89. The molecule has 6 rings (SSSR count). The van der Waals surface area contributed by atoms with Crippen LogP contribution in [0.25, 0.3) is 11.1 Å². The molecular weight excluding hydrogens is 492 g/mol. The minimum absolute atomic E-state index is 0.0423. The van der Waals surface area contributed by atoms with Crippen LogP contribution < -0.4 is 0 Å². The first-order valence-electron chi connectivity index (χ1n) is 11.1. The molecule has 0 aromatic heterocycles. The summed E-state index contributed by atoms with van der Waals surface area (Å²) in [6, 6.07) is 31.9. The van der Waals surface area contributed by atoms with Gasteiger partial charge in [-0.3, -0.25) is 19.2 Å². The van der Waals surface area contributed by atoms with Gasteiger partial charge < -0.3 is 0 Å². The Balaban J connectivity index is 0.000000195. The highest BCUT2D eigenvalue weighted by Gasteiger charge is 2.52. The van der Waals surface area contributed by atoms with Crippen molar-refractivity contribution < 1.29 is 27.6 Å². The first kappa shape index (κ1) is 23.8. The average Bonchev–Trinajstić information content (AvgIpc) is 3.35.